The summed E-state index contributed by atoms with van der Waals surface area (Å²) >= 11 is 0. The number of carbonyl (C=O) groups excluding carboxylic acids is 9. The summed E-state index contributed by atoms with van der Waals surface area (Å²) in [5.74, 6) is -16.5. The van der Waals surface area contributed by atoms with Crippen LogP contribution in [0.2, 0.25) is 0 Å². The van der Waals surface area contributed by atoms with E-state index >= 15 is 0 Å². The number of Topliss-reactive ketones (excluding diaryl/α,β-unsaturated/α-hetero) is 3. The second-order valence-electron chi connectivity index (χ2n) is 14.2. The highest BCUT2D eigenvalue weighted by molar-refractivity contribution is 6.06. The maximum atomic E-state index is 13.6. The summed E-state index contributed by atoms with van der Waals surface area (Å²) in [7, 11) is 0. The molecule has 0 spiro atoms. The van der Waals surface area contributed by atoms with E-state index in [4.69, 9.17) is 11.5 Å². The van der Waals surface area contributed by atoms with Crippen LogP contribution >= 0.6 is 0 Å². The third kappa shape index (κ3) is 15.4. The third-order valence-electron chi connectivity index (χ3n) is 9.29. The number of aliphatic hydroxyl groups excluding tert-OH is 5. The maximum absolute atomic E-state index is 13.6. The van der Waals surface area contributed by atoms with Crippen LogP contribution in [0.15, 0.2) is 0 Å². The zero-order valence-corrected chi connectivity index (χ0v) is 32.5. The zero-order valence-electron chi connectivity index (χ0n) is 32.5. The van der Waals surface area contributed by atoms with Gasteiger partial charge in [0.1, 0.15) is 36.1 Å². The highest BCUT2D eigenvalue weighted by Gasteiger charge is 2.41. The Hall–Kier alpha value is -4.98. The van der Waals surface area contributed by atoms with Gasteiger partial charge < -0.3 is 74.0 Å². The normalized spacial score (nSPS) is 27.4. The first kappa shape index (κ1) is 51.0. The molecule has 1 aliphatic rings. The second-order valence-corrected chi connectivity index (χ2v) is 14.2. The Morgan fingerprint density at radius 2 is 1.41 bits per heavy atom. The number of rotatable bonds is 13. The standard InChI is InChI=1S/C34H56N8O16/c1-13(2)17-10-21(47)16(12-43)9-22(48)18(11-38-29(52)14(3)37-8-7-35)39-33(56)25(34(57)58)42-31(54)20(46)6-5-19(45)23(15(4)44)40-32(55)24(41-30(17)53)26(49)27(50)28(36)51/h13-18,20,23-27,37,43-44,46,49-50H,5-12,35H2,1-4H3,(H2,36,51)(H,38,52)(H,39,56)(H,40,55)(H,41,53)(H,42,54)(H,57,58). The largest absolute Gasteiger partial charge is 0.479 e. The summed E-state index contributed by atoms with van der Waals surface area (Å²) in [6, 6.07) is -9.29. The van der Waals surface area contributed by atoms with Crippen molar-refractivity contribution in [1.82, 2.24) is 31.9 Å². The molecule has 0 aromatic rings. The number of carboxylic acid groups (broad SMARTS) is 1. The Morgan fingerprint density at radius 1 is 0.810 bits per heavy atom. The van der Waals surface area contributed by atoms with Crippen LogP contribution in [0.3, 0.4) is 0 Å². The van der Waals surface area contributed by atoms with Gasteiger partial charge in [-0.05, 0) is 26.2 Å². The van der Waals surface area contributed by atoms with E-state index in [1.807, 2.05) is 0 Å². The van der Waals surface area contributed by atoms with E-state index in [9.17, 15) is 78.6 Å². The highest BCUT2D eigenvalue weighted by atomic mass is 16.4. The second kappa shape index (κ2) is 24.1. The lowest BCUT2D eigenvalue weighted by Gasteiger charge is -2.30. The van der Waals surface area contributed by atoms with E-state index in [1.54, 1.807) is 5.32 Å². The fraction of sp³-hybridized carbons (Fsp3) is 0.706. The number of aliphatic carboxylic acids is 1. The number of aliphatic hydroxyl groups is 5. The van der Waals surface area contributed by atoms with Crippen LogP contribution in [-0.4, -0.2) is 170 Å². The van der Waals surface area contributed by atoms with Crippen molar-refractivity contribution in [3.8, 4) is 0 Å². The first-order valence-corrected chi connectivity index (χ1v) is 18.3. The summed E-state index contributed by atoms with van der Waals surface area (Å²) in [6.07, 6.45) is -12.0. The van der Waals surface area contributed by atoms with E-state index in [0.717, 1.165) is 6.92 Å². The van der Waals surface area contributed by atoms with Gasteiger partial charge in [-0.15, -0.1) is 0 Å². The molecule has 16 N–H and O–H groups in total. The molecule has 0 aromatic heterocycles. The molecule has 1 heterocycles. The van der Waals surface area contributed by atoms with Crippen LogP contribution in [0.5, 0.6) is 0 Å². The number of carboxylic acids is 1. The lowest BCUT2D eigenvalue weighted by Crippen LogP contribution is -2.62. The number of ketones is 3. The smallest absolute Gasteiger partial charge is 0.336 e. The summed E-state index contributed by atoms with van der Waals surface area (Å²) < 4.78 is 0. The minimum absolute atomic E-state index is 0.163. The summed E-state index contributed by atoms with van der Waals surface area (Å²) in [5.41, 5.74) is 10.5. The van der Waals surface area contributed by atoms with E-state index in [2.05, 4.69) is 26.6 Å². The highest BCUT2D eigenvalue weighted by Crippen LogP contribution is 2.21. The number of nitrogens with one attached hydrogen (secondary N) is 6. The molecule has 11 atom stereocenters. The van der Waals surface area contributed by atoms with Crippen molar-refractivity contribution in [2.24, 2.45) is 29.2 Å². The maximum Gasteiger partial charge on any atom is 0.336 e. The topological polar surface area (TPSA) is 416 Å². The van der Waals surface area contributed by atoms with Crippen molar-refractivity contribution >= 4 is 58.8 Å². The average molecular weight is 833 g/mol. The van der Waals surface area contributed by atoms with E-state index < -0.39 is 170 Å². The van der Waals surface area contributed by atoms with Gasteiger partial charge in [0.15, 0.2) is 17.7 Å². The molecule has 6 amide bonds. The van der Waals surface area contributed by atoms with Gasteiger partial charge in [-0.3, -0.25) is 43.2 Å². The molecule has 0 saturated carbocycles. The summed E-state index contributed by atoms with van der Waals surface area (Å²) in [6.45, 7) is 4.10. The molecule has 0 radical (unpaired) electrons. The van der Waals surface area contributed by atoms with Crippen LogP contribution in [-0.2, 0) is 47.9 Å². The molecule has 1 fully saturated rings. The lowest BCUT2D eigenvalue weighted by molar-refractivity contribution is -0.148. The van der Waals surface area contributed by atoms with Crippen LogP contribution in [0, 0.1) is 17.8 Å². The van der Waals surface area contributed by atoms with E-state index in [0.29, 0.717) is 0 Å². The number of primary amides is 1. The molecule has 58 heavy (non-hydrogen) atoms. The molecule has 0 bridgehead atoms. The van der Waals surface area contributed by atoms with Crippen molar-refractivity contribution in [2.45, 2.75) is 108 Å². The first-order chi connectivity index (χ1) is 27.0. The third-order valence-corrected chi connectivity index (χ3v) is 9.29. The average Bonchev–Trinajstić information content (AvgIpc) is 3.16. The van der Waals surface area contributed by atoms with Crippen LogP contribution in [0.25, 0.3) is 0 Å². The number of hydrogen-bond acceptors (Lipinski definition) is 17. The number of hydrogen-bond donors (Lipinski definition) is 14. The van der Waals surface area contributed by atoms with Gasteiger partial charge >= 0.3 is 5.97 Å². The lowest BCUT2D eigenvalue weighted by atomic mass is 9.84. The quantitative estimate of drug-likeness (QED) is 0.0766. The molecule has 0 aromatic carbocycles. The molecule has 0 aliphatic carbocycles. The fourth-order valence-electron chi connectivity index (χ4n) is 5.60. The Bertz CT molecular complexity index is 1530. The molecular weight excluding hydrogens is 776 g/mol. The van der Waals surface area contributed by atoms with E-state index in [-0.39, 0.29) is 13.1 Å². The van der Waals surface area contributed by atoms with Gasteiger partial charge in [0.05, 0.1) is 18.8 Å². The predicted molar refractivity (Wildman–Crippen MR) is 196 cm³/mol. The molecule has 1 rings (SSSR count). The molecule has 11 unspecified atom stereocenters. The van der Waals surface area contributed by atoms with Crippen molar-refractivity contribution in [3.63, 3.8) is 0 Å². The molecule has 24 nitrogen and oxygen atoms in total. The van der Waals surface area contributed by atoms with Gasteiger partial charge in [-0.25, -0.2) is 4.79 Å². The van der Waals surface area contributed by atoms with Gasteiger partial charge in [0.2, 0.25) is 35.6 Å². The minimum Gasteiger partial charge on any atom is -0.479 e. The van der Waals surface area contributed by atoms with Crippen LogP contribution in [0.4, 0.5) is 0 Å². The zero-order chi connectivity index (χ0) is 44.6. The Kier molecular flexibility index (Phi) is 21.2. The Balaban J connectivity index is 3.78. The molecular formula is C34H56N8O16. The van der Waals surface area contributed by atoms with Crippen LogP contribution in [0.1, 0.15) is 53.4 Å². The van der Waals surface area contributed by atoms with Crippen molar-refractivity contribution in [2.75, 3.05) is 26.2 Å². The van der Waals surface area contributed by atoms with E-state index in [1.165, 1.54) is 20.8 Å². The minimum atomic E-state index is -2.48. The van der Waals surface area contributed by atoms with Gasteiger partial charge in [-0.2, -0.15) is 0 Å². The van der Waals surface area contributed by atoms with Gasteiger partial charge in [-0.1, -0.05) is 13.8 Å². The fourth-order valence-corrected chi connectivity index (χ4v) is 5.60. The predicted octanol–water partition coefficient (Wildman–Crippen LogP) is -7.83. The van der Waals surface area contributed by atoms with Crippen molar-refractivity contribution < 1.29 is 78.6 Å². The van der Waals surface area contributed by atoms with Crippen LogP contribution < -0.4 is 43.4 Å². The molecule has 24 heteroatoms. The van der Waals surface area contributed by atoms with Gasteiger partial charge in [0, 0.05) is 50.7 Å². The van der Waals surface area contributed by atoms with Crippen molar-refractivity contribution in [3.05, 3.63) is 0 Å². The van der Waals surface area contributed by atoms with Gasteiger partial charge in [0.25, 0.3) is 5.91 Å². The summed E-state index contributed by atoms with van der Waals surface area (Å²) in [5, 5.41) is 74.9. The molecule has 1 aliphatic heterocycles. The SMILES string of the molecule is CC(NCCN)C(=O)NCC1NC(=O)C(C(=O)O)NC(=O)C(O)CCC(=O)C(C(C)O)NC(=O)C(C(O)C(O)C(N)=O)NC(=O)C(C(C)C)CC(=O)C(CO)CC1=O. The summed E-state index contributed by atoms with van der Waals surface area (Å²) in [4.78, 5) is 130. The number of carbonyl (C=O) groups is 10. The Morgan fingerprint density at radius 3 is 1.93 bits per heavy atom. The molecule has 1 saturated heterocycles. The monoisotopic (exact) mass is 832 g/mol. The molecule has 328 valence electrons. The first-order valence-electron chi connectivity index (χ1n) is 18.3. The van der Waals surface area contributed by atoms with Crippen molar-refractivity contribution in [1.29, 1.82) is 0 Å². The number of nitrogens with two attached hydrogens (primary N) is 2. The number of amides is 6. The Labute approximate surface area is 332 Å².